The standard InChI is InChI=1S/C13H16N2O2S/c1-16-12(17-2)9-14-13(18)15-8-7-10-5-3-4-6-11(10)15/h3-8,12H,9H2,1-2H3,(H,14,18). The van der Waals surface area contributed by atoms with Gasteiger partial charge in [-0.2, -0.15) is 0 Å². The van der Waals surface area contributed by atoms with E-state index in [2.05, 4.69) is 11.4 Å². The van der Waals surface area contributed by atoms with E-state index in [0.717, 1.165) is 10.9 Å². The number of thiocarbonyl (C=S) groups is 1. The summed E-state index contributed by atoms with van der Waals surface area (Å²) in [7, 11) is 3.20. The maximum Gasteiger partial charge on any atom is 0.177 e. The molecule has 1 aromatic heterocycles. The summed E-state index contributed by atoms with van der Waals surface area (Å²) in [5, 5.41) is 4.92. The number of aromatic nitrogens is 1. The lowest BCUT2D eigenvalue weighted by Crippen LogP contribution is -2.36. The third-order valence-corrected chi connectivity index (χ3v) is 3.11. The predicted molar refractivity (Wildman–Crippen MR) is 75.7 cm³/mol. The van der Waals surface area contributed by atoms with Gasteiger partial charge in [0.1, 0.15) is 0 Å². The van der Waals surface area contributed by atoms with Gasteiger partial charge in [-0.25, -0.2) is 0 Å². The summed E-state index contributed by atoms with van der Waals surface area (Å²) in [4.78, 5) is 0. The number of hydrogen-bond acceptors (Lipinski definition) is 3. The molecule has 0 saturated heterocycles. The van der Waals surface area contributed by atoms with Crippen LogP contribution in [0.2, 0.25) is 0 Å². The molecule has 1 N–H and O–H groups in total. The van der Waals surface area contributed by atoms with Gasteiger partial charge in [0.2, 0.25) is 0 Å². The van der Waals surface area contributed by atoms with Crippen LogP contribution in [-0.4, -0.2) is 36.7 Å². The number of hydrogen-bond donors (Lipinski definition) is 1. The topological polar surface area (TPSA) is 35.4 Å². The van der Waals surface area contributed by atoms with E-state index >= 15 is 0 Å². The van der Waals surface area contributed by atoms with Crippen LogP contribution in [0.25, 0.3) is 10.9 Å². The zero-order valence-electron chi connectivity index (χ0n) is 10.4. The molecule has 1 heterocycles. The highest BCUT2D eigenvalue weighted by molar-refractivity contribution is 7.80. The van der Waals surface area contributed by atoms with Crippen LogP contribution in [0.5, 0.6) is 0 Å². The minimum Gasteiger partial charge on any atom is -0.357 e. The van der Waals surface area contributed by atoms with Crippen molar-refractivity contribution in [2.45, 2.75) is 6.29 Å². The summed E-state index contributed by atoms with van der Waals surface area (Å²) in [5.74, 6) is 0. The lowest BCUT2D eigenvalue weighted by Gasteiger charge is -2.16. The van der Waals surface area contributed by atoms with Crippen LogP contribution < -0.4 is 5.32 Å². The van der Waals surface area contributed by atoms with Gasteiger partial charge in [0.05, 0.1) is 12.1 Å². The molecule has 0 aliphatic rings. The highest BCUT2D eigenvalue weighted by Crippen LogP contribution is 2.14. The molecule has 0 unspecified atom stereocenters. The van der Waals surface area contributed by atoms with E-state index in [1.807, 2.05) is 35.0 Å². The van der Waals surface area contributed by atoms with Crippen LogP contribution in [-0.2, 0) is 9.47 Å². The molecule has 5 heteroatoms. The number of nitrogens with zero attached hydrogens (tertiary/aromatic N) is 1. The average Bonchev–Trinajstić information content (AvgIpc) is 2.83. The molecular formula is C13H16N2O2S. The Morgan fingerprint density at radius 1 is 1.28 bits per heavy atom. The van der Waals surface area contributed by atoms with Gasteiger partial charge in [0.25, 0.3) is 0 Å². The zero-order chi connectivity index (χ0) is 13.0. The van der Waals surface area contributed by atoms with Gasteiger partial charge in [-0.05, 0) is 24.4 Å². The third kappa shape index (κ3) is 2.69. The van der Waals surface area contributed by atoms with Crippen molar-refractivity contribution >= 4 is 28.2 Å². The third-order valence-electron chi connectivity index (χ3n) is 2.76. The van der Waals surface area contributed by atoms with Crippen molar-refractivity contribution in [2.24, 2.45) is 0 Å². The Morgan fingerprint density at radius 3 is 2.72 bits per heavy atom. The lowest BCUT2D eigenvalue weighted by atomic mass is 10.2. The molecule has 0 atom stereocenters. The van der Waals surface area contributed by atoms with Gasteiger partial charge in [0.15, 0.2) is 11.4 Å². The summed E-state index contributed by atoms with van der Waals surface area (Å²) in [6, 6.07) is 10.1. The summed E-state index contributed by atoms with van der Waals surface area (Å²) in [6.45, 7) is 0.512. The number of benzene rings is 1. The Labute approximate surface area is 111 Å². The number of nitrogens with one attached hydrogen (secondary N) is 1. The maximum atomic E-state index is 5.36. The second-order valence-corrected chi connectivity index (χ2v) is 4.22. The highest BCUT2D eigenvalue weighted by Gasteiger charge is 2.08. The smallest absolute Gasteiger partial charge is 0.177 e. The summed E-state index contributed by atoms with van der Waals surface area (Å²) >= 11 is 5.36. The Balaban J connectivity index is 2.09. The van der Waals surface area contributed by atoms with E-state index in [4.69, 9.17) is 21.7 Å². The molecule has 0 spiro atoms. The number of para-hydroxylation sites is 1. The summed E-state index contributed by atoms with van der Waals surface area (Å²) in [6.07, 6.45) is 1.65. The largest absolute Gasteiger partial charge is 0.357 e. The minimum atomic E-state index is -0.301. The Bertz CT molecular complexity index is 535. The molecule has 0 amide bonds. The van der Waals surface area contributed by atoms with Crippen molar-refractivity contribution in [3.63, 3.8) is 0 Å². The fourth-order valence-electron chi connectivity index (χ4n) is 1.78. The van der Waals surface area contributed by atoms with Crippen LogP contribution in [0, 0.1) is 0 Å². The minimum absolute atomic E-state index is 0.301. The molecule has 2 rings (SSSR count). The first kappa shape index (κ1) is 13.0. The Kier molecular flexibility index (Phi) is 4.30. The summed E-state index contributed by atoms with van der Waals surface area (Å²) < 4.78 is 12.1. The van der Waals surface area contributed by atoms with Crippen LogP contribution >= 0.6 is 12.2 Å². The van der Waals surface area contributed by atoms with Gasteiger partial charge >= 0.3 is 0 Å². The van der Waals surface area contributed by atoms with Crippen LogP contribution in [0.15, 0.2) is 36.5 Å². The molecule has 0 radical (unpaired) electrons. The van der Waals surface area contributed by atoms with Gasteiger partial charge in [-0.3, -0.25) is 4.57 Å². The molecule has 96 valence electrons. The summed E-state index contributed by atoms with van der Waals surface area (Å²) in [5.41, 5.74) is 1.08. The van der Waals surface area contributed by atoms with E-state index in [0.29, 0.717) is 11.7 Å². The van der Waals surface area contributed by atoms with E-state index < -0.39 is 0 Å². The number of rotatable bonds is 4. The number of fused-ring (bicyclic) bond motifs is 1. The van der Waals surface area contributed by atoms with Gasteiger partial charge in [-0.1, -0.05) is 18.2 Å². The van der Waals surface area contributed by atoms with Crippen molar-refractivity contribution in [1.82, 2.24) is 9.88 Å². The molecule has 1 aromatic carbocycles. The second kappa shape index (κ2) is 5.95. The van der Waals surface area contributed by atoms with Crippen molar-refractivity contribution in [2.75, 3.05) is 20.8 Å². The average molecular weight is 264 g/mol. The molecule has 0 aliphatic carbocycles. The molecule has 2 aromatic rings. The highest BCUT2D eigenvalue weighted by atomic mass is 32.1. The molecule has 18 heavy (non-hydrogen) atoms. The van der Waals surface area contributed by atoms with Gasteiger partial charge < -0.3 is 14.8 Å². The fraction of sp³-hybridized carbons (Fsp3) is 0.308. The first-order valence-corrected chi connectivity index (χ1v) is 6.07. The maximum absolute atomic E-state index is 5.36. The van der Waals surface area contributed by atoms with Crippen molar-refractivity contribution < 1.29 is 9.47 Å². The normalized spacial score (nSPS) is 11.1. The van der Waals surface area contributed by atoms with Crippen molar-refractivity contribution in [3.05, 3.63) is 36.5 Å². The van der Waals surface area contributed by atoms with Gasteiger partial charge in [0, 0.05) is 25.8 Å². The van der Waals surface area contributed by atoms with Crippen molar-refractivity contribution in [1.29, 1.82) is 0 Å². The molecule has 4 nitrogen and oxygen atoms in total. The van der Waals surface area contributed by atoms with Crippen LogP contribution in [0.4, 0.5) is 0 Å². The van der Waals surface area contributed by atoms with E-state index in [1.165, 1.54) is 0 Å². The zero-order valence-corrected chi connectivity index (χ0v) is 11.2. The van der Waals surface area contributed by atoms with Gasteiger partial charge in [-0.15, -0.1) is 0 Å². The molecular weight excluding hydrogens is 248 g/mol. The number of ether oxygens (including phenoxy) is 2. The van der Waals surface area contributed by atoms with E-state index in [1.54, 1.807) is 14.2 Å². The van der Waals surface area contributed by atoms with E-state index in [-0.39, 0.29) is 6.29 Å². The Morgan fingerprint density at radius 2 is 2.00 bits per heavy atom. The fourth-order valence-corrected chi connectivity index (χ4v) is 2.02. The Hall–Kier alpha value is -1.43. The van der Waals surface area contributed by atoms with Crippen LogP contribution in [0.3, 0.4) is 0 Å². The number of methoxy groups -OCH3 is 2. The van der Waals surface area contributed by atoms with Crippen molar-refractivity contribution in [3.8, 4) is 0 Å². The first-order valence-electron chi connectivity index (χ1n) is 5.66. The monoisotopic (exact) mass is 264 g/mol. The first-order chi connectivity index (χ1) is 8.76. The quantitative estimate of drug-likeness (QED) is 0.676. The molecule has 0 saturated carbocycles. The second-order valence-electron chi connectivity index (χ2n) is 3.83. The van der Waals surface area contributed by atoms with E-state index in [9.17, 15) is 0 Å². The lowest BCUT2D eigenvalue weighted by molar-refractivity contribution is -0.0965. The molecule has 0 fully saturated rings. The molecule has 0 aliphatic heterocycles. The predicted octanol–water partition coefficient (Wildman–Crippen LogP) is 1.98. The molecule has 0 bridgehead atoms. The SMILES string of the molecule is COC(CNC(=S)n1ccc2ccccc21)OC. The van der Waals surface area contributed by atoms with Crippen LogP contribution in [0.1, 0.15) is 0 Å².